The lowest BCUT2D eigenvalue weighted by atomic mass is 10.2. The smallest absolute Gasteiger partial charge is 0.258 e. The van der Waals surface area contributed by atoms with Crippen LogP contribution in [0.5, 0.6) is 5.75 Å². The van der Waals surface area contributed by atoms with E-state index < -0.39 is 10.0 Å². The molecule has 2 N–H and O–H groups in total. The molecule has 2 aromatic carbocycles. The van der Waals surface area contributed by atoms with Crippen LogP contribution in [0.1, 0.15) is 18.9 Å². The van der Waals surface area contributed by atoms with Crippen molar-refractivity contribution in [2.24, 2.45) is 0 Å². The molecule has 1 amide bonds. The van der Waals surface area contributed by atoms with Gasteiger partial charge in [0.05, 0.1) is 4.90 Å². The molecule has 0 aliphatic heterocycles. The summed E-state index contributed by atoms with van der Waals surface area (Å²) >= 11 is 11.9. The first-order valence-electron chi connectivity index (χ1n) is 8.25. The third kappa shape index (κ3) is 6.70. The van der Waals surface area contributed by atoms with E-state index in [1.165, 1.54) is 24.3 Å². The Morgan fingerprint density at radius 2 is 1.81 bits per heavy atom. The van der Waals surface area contributed by atoms with Crippen molar-refractivity contribution in [2.75, 3.05) is 13.2 Å². The molecular weight excluding hydrogens is 411 g/mol. The van der Waals surface area contributed by atoms with Gasteiger partial charge >= 0.3 is 0 Å². The highest BCUT2D eigenvalue weighted by Gasteiger charge is 2.13. The Bertz CT molecular complexity index is 887. The molecule has 0 saturated heterocycles. The minimum absolute atomic E-state index is 0.144. The van der Waals surface area contributed by atoms with Crippen LogP contribution in [-0.2, 0) is 21.4 Å². The summed E-state index contributed by atoms with van der Waals surface area (Å²) in [5.41, 5.74) is 0.739. The molecule has 0 fully saturated rings. The van der Waals surface area contributed by atoms with Gasteiger partial charge in [0, 0.05) is 23.1 Å². The van der Waals surface area contributed by atoms with Crippen molar-refractivity contribution in [1.29, 1.82) is 0 Å². The molecule has 0 unspecified atom stereocenters. The highest BCUT2D eigenvalue weighted by molar-refractivity contribution is 7.89. The number of carbonyl (C=O) groups excluding carboxylic acids is 1. The Kier molecular flexibility index (Phi) is 7.91. The molecule has 0 aliphatic rings. The molecule has 0 saturated carbocycles. The molecule has 0 spiro atoms. The van der Waals surface area contributed by atoms with Crippen LogP contribution in [0.2, 0.25) is 10.0 Å². The maximum absolute atomic E-state index is 12.0. The van der Waals surface area contributed by atoms with Crippen molar-refractivity contribution in [3.8, 4) is 5.75 Å². The number of carbonyl (C=O) groups is 1. The molecule has 0 radical (unpaired) electrons. The predicted molar refractivity (Wildman–Crippen MR) is 106 cm³/mol. The van der Waals surface area contributed by atoms with Gasteiger partial charge in [0.15, 0.2) is 6.61 Å². The number of hydrogen-bond donors (Lipinski definition) is 2. The summed E-state index contributed by atoms with van der Waals surface area (Å²) in [6.45, 7) is 2.30. The first kappa shape index (κ1) is 21.5. The van der Waals surface area contributed by atoms with Crippen LogP contribution in [-0.4, -0.2) is 27.5 Å². The number of ether oxygens (including phenoxy) is 1. The number of rotatable bonds is 9. The molecular formula is C18H20Cl2N2O4S. The van der Waals surface area contributed by atoms with Gasteiger partial charge in [-0.15, -0.1) is 0 Å². The second-order valence-electron chi connectivity index (χ2n) is 5.67. The van der Waals surface area contributed by atoms with Crippen molar-refractivity contribution < 1.29 is 17.9 Å². The molecule has 2 rings (SSSR count). The van der Waals surface area contributed by atoms with E-state index in [-0.39, 0.29) is 24.0 Å². The van der Waals surface area contributed by atoms with Gasteiger partial charge in [-0.1, -0.05) is 36.2 Å². The summed E-state index contributed by atoms with van der Waals surface area (Å²) in [6, 6.07) is 10.9. The number of amides is 1. The molecule has 0 atom stereocenters. The van der Waals surface area contributed by atoms with Crippen molar-refractivity contribution in [1.82, 2.24) is 10.0 Å². The number of nitrogens with one attached hydrogen (secondary N) is 2. The Hall–Kier alpha value is -1.80. The molecule has 0 aliphatic carbocycles. The van der Waals surface area contributed by atoms with E-state index in [2.05, 4.69) is 10.0 Å². The normalized spacial score (nSPS) is 11.2. The zero-order valence-electron chi connectivity index (χ0n) is 14.7. The molecule has 0 aromatic heterocycles. The first-order valence-corrected chi connectivity index (χ1v) is 10.5. The lowest BCUT2D eigenvalue weighted by Gasteiger charge is -2.10. The van der Waals surface area contributed by atoms with Crippen molar-refractivity contribution >= 4 is 39.1 Å². The molecule has 0 heterocycles. The fourth-order valence-electron chi connectivity index (χ4n) is 2.09. The fraction of sp³-hybridized carbons (Fsp3) is 0.278. The lowest BCUT2D eigenvalue weighted by Crippen LogP contribution is -2.28. The third-order valence-electron chi connectivity index (χ3n) is 3.54. The van der Waals surface area contributed by atoms with E-state index in [4.69, 9.17) is 27.9 Å². The van der Waals surface area contributed by atoms with E-state index in [9.17, 15) is 13.2 Å². The van der Waals surface area contributed by atoms with E-state index in [0.717, 1.165) is 5.56 Å². The van der Waals surface area contributed by atoms with E-state index >= 15 is 0 Å². The minimum atomic E-state index is -3.52. The van der Waals surface area contributed by atoms with E-state index in [0.29, 0.717) is 28.8 Å². The van der Waals surface area contributed by atoms with Crippen LogP contribution in [0.4, 0.5) is 0 Å². The molecule has 6 nitrogen and oxygen atoms in total. The average Bonchev–Trinajstić information content (AvgIpc) is 2.64. The van der Waals surface area contributed by atoms with Gasteiger partial charge in [-0.3, -0.25) is 4.79 Å². The summed E-state index contributed by atoms with van der Waals surface area (Å²) in [4.78, 5) is 12.0. The Morgan fingerprint density at radius 3 is 2.44 bits per heavy atom. The van der Waals surface area contributed by atoms with Crippen LogP contribution in [0.25, 0.3) is 0 Å². The average molecular weight is 431 g/mol. The molecule has 9 heteroatoms. The van der Waals surface area contributed by atoms with Crippen LogP contribution < -0.4 is 14.8 Å². The summed E-state index contributed by atoms with van der Waals surface area (Å²) < 4.78 is 31.9. The van der Waals surface area contributed by atoms with Crippen molar-refractivity contribution in [3.63, 3.8) is 0 Å². The van der Waals surface area contributed by atoms with Crippen LogP contribution >= 0.6 is 23.2 Å². The lowest BCUT2D eigenvalue weighted by molar-refractivity contribution is -0.123. The van der Waals surface area contributed by atoms with Crippen LogP contribution in [0.3, 0.4) is 0 Å². The zero-order valence-corrected chi connectivity index (χ0v) is 17.0. The molecule has 0 bridgehead atoms. The maximum atomic E-state index is 12.0. The summed E-state index contributed by atoms with van der Waals surface area (Å²) in [6.07, 6.45) is 0.705. The van der Waals surface area contributed by atoms with E-state index in [1.807, 2.05) is 6.92 Å². The minimum Gasteiger partial charge on any atom is -0.484 e. The summed E-state index contributed by atoms with van der Waals surface area (Å²) in [7, 11) is -3.52. The second kappa shape index (κ2) is 9.94. The quantitative estimate of drug-likeness (QED) is 0.638. The Labute approximate surface area is 168 Å². The van der Waals surface area contributed by atoms with Crippen molar-refractivity contribution in [2.45, 2.75) is 24.8 Å². The van der Waals surface area contributed by atoms with Gasteiger partial charge in [-0.05, 0) is 48.4 Å². The highest BCUT2D eigenvalue weighted by atomic mass is 35.5. The fourth-order valence-corrected chi connectivity index (χ4v) is 3.70. The largest absolute Gasteiger partial charge is 0.484 e. The number of benzene rings is 2. The van der Waals surface area contributed by atoms with Crippen LogP contribution in [0.15, 0.2) is 47.4 Å². The van der Waals surface area contributed by atoms with Gasteiger partial charge < -0.3 is 10.1 Å². The second-order valence-corrected chi connectivity index (χ2v) is 8.28. The third-order valence-corrected chi connectivity index (χ3v) is 5.60. The molecule has 146 valence electrons. The zero-order chi connectivity index (χ0) is 19.9. The maximum Gasteiger partial charge on any atom is 0.258 e. The number of halogens is 2. The van der Waals surface area contributed by atoms with Gasteiger partial charge in [-0.25, -0.2) is 13.1 Å². The van der Waals surface area contributed by atoms with Gasteiger partial charge in [0.1, 0.15) is 5.75 Å². The standard InChI is InChI=1S/C18H20Cl2N2O4S/c1-2-9-22-27(24,25)16-7-5-15(6-8-16)26-12-18(23)21-11-13-3-4-14(19)10-17(13)20/h3-8,10,22H,2,9,11-12H2,1H3,(H,21,23). The monoisotopic (exact) mass is 430 g/mol. The van der Waals surface area contributed by atoms with Gasteiger partial charge in [-0.2, -0.15) is 0 Å². The topological polar surface area (TPSA) is 84.5 Å². The highest BCUT2D eigenvalue weighted by Crippen LogP contribution is 2.20. The van der Waals surface area contributed by atoms with E-state index in [1.54, 1.807) is 18.2 Å². The number of sulfonamides is 1. The Morgan fingerprint density at radius 1 is 1.11 bits per heavy atom. The summed E-state index contributed by atoms with van der Waals surface area (Å²) in [5.74, 6) is 0.0615. The first-order chi connectivity index (χ1) is 12.8. The summed E-state index contributed by atoms with van der Waals surface area (Å²) in [5, 5.41) is 3.68. The Balaban J connectivity index is 1.84. The van der Waals surface area contributed by atoms with Gasteiger partial charge in [0.2, 0.25) is 10.0 Å². The predicted octanol–water partition coefficient (Wildman–Crippen LogP) is 3.38. The molecule has 2 aromatic rings. The van der Waals surface area contributed by atoms with Crippen LogP contribution in [0, 0.1) is 0 Å². The van der Waals surface area contributed by atoms with Gasteiger partial charge in [0.25, 0.3) is 5.91 Å². The SMILES string of the molecule is CCCNS(=O)(=O)c1ccc(OCC(=O)NCc2ccc(Cl)cc2Cl)cc1. The molecule has 27 heavy (non-hydrogen) atoms. The number of hydrogen-bond acceptors (Lipinski definition) is 4. The van der Waals surface area contributed by atoms with Crippen molar-refractivity contribution in [3.05, 3.63) is 58.1 Å².